The van der Waals surface area contributed by atoms with Gasteiger partial charge in [0.1, 0.15) is 13.2 Å². The van der Waals surface area contributed by atoms with Gasteiger partial charge in [-0.25, -0.2) is 4.98 Å². The van der Waals surface area contributed by atoms with Crippen LogP contribution in [0, 0.1) is 0 Å². The summed E-state index contributed by atoms with van der Waals surface area (Å²) in [6.07, 6.45) is -8.62. The standard InChI is InChI=1S/C8H5F6NO2S/c9-7(10,11)3-17-2-4(16)5-1-15-6(18-5)8(12,13)14/h1H,2-3H2. The van der Waals surface area contributed by atoms with Crippen LogP contribution in [-0.2, 0) is 10.9 Å². The summed E-state index contributed by atoms with van der Waals surface area (Å²) < 4.78 is 75.4. The summed E-state index contributed by atoms with van der Waals surface area (Å²) in [6, 6.07) is 0. The maximum absolute atomic E-state index is 12.1. The molecule has 0 saturated carbocycles. The van der Waals surface area contributed by atoms with E-state index in [1.165, 1.54) is 0 Å². The van der Waals surface area contributed by atoms with Crippen molar-refractivity contribution in [1.82, 2.24) is 4.98 Å². The van der Waals surface area contributed by atoms with Crippen LogP contribution in [0.25, 0.3) is 0 Å². The summed E-state index contributed by atoms with van der Waals surface area (Å²) in [4.78, 5) is 13.7. The molecule has 102 valence electrons. The molecule has 0 aliphatic rings. The molecule has 0 atom stereocenters. The Morgan fingerprint density at radius 2 is 1.89 bits per heavy atom. The average Bonchev–Trinajstić information content (AvgIpc) is 2.62. The van der Waals surface area contributed by atoms with Gasteiger partial charge < -0.3 is 4.74 Å². The monoisotopic (exact) mass is 293 g/mol. The number of rotatable bonds is 4. The predicted octanol–water partition coefficient (Wildman–Crippen LogP) is 2.92. The van der Waals surface area contributed by atoms with Crippen molar-refractivity contribution < 1.29 is 35.9 Å². The molecule has 1 rings (SSSR count). The van der Waals surface area contributed by atoms with Gasteiger partial charge in [0.25, 0.3) is 0 Å². The minimum Gasteiger partial charge on any atom is -0.364 e. The molecule has 1 aromatic rings. The second kappa shape index (κ2) is 5.22. The van der Waals surface area contributed by atoms with Gasteiger partial charge >= 0.3 is 12.4 Å². The van der Waals surface area contributed by atoms with E-state index in [9.17, 15) is 31.1 Å². The fourth-order valence-corrected chi connectivity index (χ4v) is 1.57. The van der Waals surface area contributed by atoms with Gasteiger partial charge in [-0.05, 0) is 0 Å². The van der Waals surface area contributed by atoms with Crippen LogP contribution in [0.3, 0.4) is 0 Å². The first kappa shape index (κ1) is 14.9. The summed E-state index contributed by atoms with van der Waals surface area (Å²) >= 11 is 0.0590. The van der Waals surface area contributed by atoms with Crippen molar-refractivity contribution in [2.75, 3.05) is 13.2 Å². The minimum atomic E-state index is -4.68. The molecule has 0 fully saturated rings. The molecule has 18 heavy (non-hydrogen) atoms. The molecule has 0 amide bonds. The van der Waals surface area contributed by atoms with Crippen molar-refractivity contribution in [3.63, 3.8) is 0 Å². The van der Waals surface area contributed by atoms with E-state index in [1.807, 2.05) is 0 Å². The van der Waals surface area contributed by atoms with E-state index in [0.29, 0.717) is 6.20 Å². The molecule has 0 aliphatic carbocycles. The number of thiazole rings is 1. The van der Waals surface area contributed by atoms with E-state index in [4.69, 9.17) is 0 Å². The average molecular weight is 293 g/mol. The van der Waals surface area contributed by atoms with Gasteiger partial charge in [-0.1, -0.05) is 0 Å². The molecular formula is C8H5F6NO2S. The summed E-state index contributed by atoms with van der Waals surface area (Å²) in [5.74, 6) is -0.979. The SMILES string of the molecule is O=C(COCC(F)(F)F)c1cnc(C(F)(F)F)s1. The van der Waals surface area contributed by atoms with E-state index in [1.54, 1.807) is 0 Å². The zero-order valence-corrected chi connectivity index (χ0v) is 9.25. The molecule has 0 aliphatic heterocycles. The zero-order valence-electron chi connectivity index (χ0n) is 8.43. The Morgan fingerprint density at radius 1 is 1.28 bits per heavy atom. The van der Waals surface area contributed by atoms with Crippen molar-refractivity contribution in [2.24, 2.45) is 0 Å². The van der Waals surface area contributed by atoms with E-state index in [2.05, 4.69) is 9.72 Å². The van der Waals surface area contributed by atoms with Gasteiger partial charge in [-0.3, -0.25) is 4.79 Å². The molecule has 0 N–H and O–H groups in total. The second-order valence-corrected chi connectivity index (χ2v) is 4.09. The molecule has 10 heteroatoms. The van der Waals surface area contributed by atoms with Crippen molar-refractivity contribution in [2.45, 2.75) is 12.4 Å². The number of hydrogen-bond donors (Lipinski definition) is 0. The molecular weight excluding hydrogens is 288 g/mol. The van der Waals surface area contributed by atoms with E-state index in [0.717, 1.165) is 0 Å². The molecule has 0 radical (unpaired) electrons. The Kier molecular flexibility index (Phi) is 4.32. The maximum atomic E-state index is 12.1. The second-order valence-electron chi connectivity index (χ2n) is 3.06. The first-order valence-electron chi connectivity index (χ1n) is 4.30. The lowest BCUT2D eigenvalue weighted by Crippen LogP contribution is -2.20. The summed E-state index contributed by atoms with van der Waals surface area (Å²) in [5, 5.41) is -1.23. The van der Waals surface area contributed by atoms with E-state index < -0.39 is 41.2 Å². The number of Topliss-reactive ketones (excluding diaryl/α,β-unsaturated/α-hetero) is 1. The van der Waals surface area contributed by atoms with Gasteiger partial charge in [0.05, 0.1) is 4.88 Å². The lowest BCUT2D eigenvalue weighted by molar-refractivity contribution is -0.170. The highest BCUT2D eigenvalue weighted by Gasteiger charge is 2.35. The summed E-state index contributed by atoms with van der Waals surface area (Å²) in [6.45, 7) is -2.58. The number of ether oxygens (including phenoxy) is 1. The van der Waals surface area contributed by atoms with Gasteiger partial charge in [0, 0.05) is 6.20 Å². The first-order chi connectivity index (χ1) is 8.09. The van der Waals surface area contributed by atoms with Crippen molar-refractivity contribution in [3.05, 3.63) is 16.1 Å². The Morgan fingerprint density at radius 3 is 2.33 bits per heavy atom. The van der Waals surface area contributed by atoms with Crippen LogP contribution in [0.15, 0.2) is 6.20 Å². The van der Waals surface area contributed by atoms with Crippen LogP contribution >= 0.6 is 11.3 Å². The Hall–Kier alpha value is -1.16. The normalized spacial score (nSPS) is 12.8. The van der Waals surface area contributed by atoms with Gasteiger partial charge in [0.2, 0.25) is 0 Å². The van der Waals surface area contributed by atoms with Gasteiger partial charge in [-0.2, -0.15) is 26.3 Å². The predicted molar refractivity (Wildman–Crippen MR) is 48.3 cm³/mol. The number of alkyl halides is 6. The highest BCUT2D eigenvalue weighted by Crippen LogP contribution is 2.32. The van der Waals surface area contributed by atoms with Crippen LogP contribution in [0.1, 0.15) is 14.7 Å². The Bertz CT molecular complexity index is 424. The quantitative estimate of drug-likeness (QED) is 0.633. The molecule has 0 unspecified atom stereocenters. The number of halogens is 6. The highest BCUT2D eigenvalue weighted by atomic mass is 32.1. The summed E-state index contributed by atoms with van der Waals surface area (Å²) in [7, 11) is 0. The van der Waals surface area contributed by atoms with Crippen LogP contribution in [0.4, 0.5) is 26.3 Å². The third-order valence-corrected chi connectivity index (χ3v) is 2.61. The molecule has 3 nitrogen and oxygen atoms in total. The minimum absolute atomic E-state index is 0.0590. The lowest BCUT2D eigenvalue weighted by Gasteiger charge is -2.05. The van der Waals surface area contributed by atoms with Crippen LogP contribution in [0.5, 0.6) is 0 Å². The number of nitrogens with zero attached hydrogens (tertiary/aromatic N) is 1. The number of carbonyl (C=O) groups excluding carboxylic acids is 1. The molecule has 0 bridgehead atoms. The number of aromatic nitrogens is 1. The van der Waals surface area contributed by atoms with Gasteiger partial charge in [-0.15, -0.1) is 11.3 Å². The zero-order chi connectivity index (χ0) is 14.0. The van der Waals surface area contributed by atoms with Crippen LogP contribution in [-0.4, -0.2) is 30.2 Å². The Labute approximate surface area is 100 Å². The lowest BCUT2D eigenvalue weighted by atomic mass is 10.4. The Balaban J connectivity index is 2.55. The van der Waals surface area contributed by atoms with E-state index >= 15 is 0 Å². The third kappa shape index (κ3) is 4.61. The summed E-state index contributed by atoms with van der Waals surface area (Å²) in [5.41, 5.74) is 0. The van der Waals surface area contributed by atoms with Crippen LogP contribution in [0.2, 0.25) is 0 Å². The largest absolute Gasteiger partial charge is 0.443 e. The molecule has 1 aromatic heterocycles. The van der Waals surface area contributed by atoms with Crippen LogP contribution < -0.4 is 0 Å². The topological polar surface area (TPSA) is 39.2 Å². The van der Waals surface area contributed by atoms with Crippen molar-refractivity contribution in [1.29, 1.82) is 0 Å². The fraction of sp³-hybridized carbons (Fsp3) is 0.500. The highest BCUT2D eigenvalue weighted by molar-refractivity contribution is 7.13. The fourth-order valence-electron chi connectivity index (χ4n) is 0.865. The van der Waals surface area contributed by atoms with Crippen molar-refractivity contribution in [3.8, 4) is 0 Å². The third-order valence-electron chi connectivity index (χ3n) is 1.52. The molecule has 0 spiro atoms. The van der Waals surface area contributed by atoms with Gasteiger partial charge in [0.15, 0.2) is 10.8 Å². The molecule has 1 heterocycles. The number of carbonyl (C=O) groups is 1. The number of hydrogen-bond acceptors (Lipinski definition) is 4. The molecule has 0 aromatic carbocycles. The first-order valence-corrected chi connectivity index (χ1v) is 5.12. The smallest absolute Gasteiger partial charge is 0.364 e. The number of ketones is 1. The molecule has 0 saturated heterocycles. The maximum Gasteiger partial charge on any atom is 0.443 e. The van der Waals surface area contributed by atoms with E-state index in [-0.39, 0.29) is 11.3 Å². The van der Waals surface area contributed by atoms with Crippen molar-refractivity contribution >= 4 is 17.1 Å².